The van der Waals surface area contributed by atoms with Crippen LogP contribution in [0.5, 0.6) is 5.75 Å². The Hall–Kier alpha value is -1.52. The van der Waals surface area contributed by atoms with Crippen LogP contribution in [-0.4, -0.2) is 25.6 Å². The second-order valence-corrected chi connectivity index (χ2v) is 4.45. The number of halogens is 1. The highest BCUT2D eigenvalue weighted by atomic mass is 35.5. The second-order valence-electron chi connectivity index (χ2n) is 4.04. The zero-order valence-corrected chi connectivity index (χ0v) is 12.0. The van der Waals surface area contributed by atoms with Gasteiger partial charge in [-0.2, -0.15) is 0 Å². The van der Waals surface area contributed by atoms with Crippen LogP contribution in [0, 0.1) is 0 Å². The molecule has 2 N–H and O–H groups in total. The van der Waals surface area contributed by atoms with Gasteiger partial charge < -0.3 is 15.4 Å². The highest BCUT2D eigenvalue weighted by Gasteiger charge is 2.16. The number of carbonyl (C=O) groups is 1. The fraction of sp³-hybridized carbons (Fsp3) is 0.357. The van der Waals surface area contributed by atoms with E-state index in [1.165, 1.54) is 0 Å². The summed E-state index contributed by atoms with van der Waals surface area (Å²) in [6, 6.07) is 5.39. The molecule has 0 aliphatic rings. The van der Waals surface area contributed by atoms with E-state index in [4.69, 9.17) is 16.3 Å². The Morgan fingerprint density at radius 2 is 2.32 bits per heavy atom. The maximum absolute atomic E-state index is 11.7. The molecule has 1 amide bonds. The minimum absolute atomic E-state index is 0.185. The van der Waals surface area contributed by atoms with Gasteiger partial charge in [0.25, 0.3) is 5.91 Å². The van der Waals surface area contributed by atoms with Crippen LogP contribution in [0.3, 0.4) is 0 Å². The fourth-order valence-electron chi connectivity index (χ4n) is 1.56. The van der Waals surface area contributed by atoms with Gasteiger partial charge >= 0.3 is 0 Å². The van der Waals surface area contributed by atoms with Crippen LogP contribution in [0.1, 0.15) is 12.5 Å². The lowest BCUT2D eigenvalue weighted by molar-refractivity contribution is -0.127. The molecule has 0 fully saturated rings. The Labute approximate surface area is 118 Å². The summed E-state index contributed by atoms with van der Waals surface area (Å²) in [5.74, 6) is 0.429. The summed E-state index contributed by atoms with van der Waals surface area (Å²) in [5, 5.41) is 6.33. The first-order valence-electron chi connectivity index (χ1n) is 6.07. The molecule has 0 aliphatic heterocycles. The molecule has 0 aliphatic carbocycles. The summed E-state index contributed by atoms with van der Waals surface area (Å²) >= 11 is 6.12. The van der Waals surface area contributed by atoms with E-state index in [-0.39, 0.29) is 5.91 Å². The van der Waals surface area contributed by atoms with E-state index in [1.54, 1.807) is 31.2 Å². The van der Waals surface area contributed by atoms with Crippen molar-refractivity contribution >= 4 is 17.5 Å². The van der Waals surface area contributed by atoms with Crippen molar-refractivity contribution in [2.45, 2.75) is 19.6 Å². The normalized spacial score (nSPS) is 11.7. The third kappa shape index (κ3) is 4.58. The van der Waals surface area contributed by atoms with Gasteiger partial charge in [0.05, 0.1) is 0 Å². The molecule has 0 saturated heterocycles. The minimum Gasteiger partial charge on any atom is -0.481 e. The molecule has 0 radical (unpaired) electrons. The molecule has 104 valence electrons. The molecule has 0 heterocycles. The van der Waals surface area contributed by atoms with Gasteiger partial charge in [-0.15, -0.1) is 6.58 Å². The molecular weight excluding hydrogens is 264 g/mol. The lowest BCUT2D eigenvalue weighted by Crippen LogP contribution is -2.36. The molecule has 1 aromatic rings. The van der Waals surface area contributed by atoms with Crippen molar-refractivity contribution in [1.29, 1.82) is 0 Å². The van der Waals surface area contributed by atoms with Gasteiger partial charge in [-0.05, 0) is 26.1 Å². The smallest absolute Gasteiger partial charge is 0.261 e. The summed E-state index contributed by atoms with van der Waals surface area (Å²) in [6.45, 7) is 6.24. The van der Waals surface area contributed by atoms with Crippen LogP contribution in [0.25, 0.3) is 0 Å². The number of rotatable bonds is 7. The molecule has 0 aromatic heterocycles. The highest BCUT2D eigenvalue weighted by molar-refractivity contribution is 6.31. The van der Waals surface area contributed by atoms with E-state index in [0.717, 1.165) is 5.56 Å². The van der Waals surface area contributed by atoms with Crippen LogP contribution < -0.4 is 15.4 Å². The van der Waals surface area contributed by atoms with Gasteiger partial charge in [-0.1, -0.05) is 23.7 Å². The van der Waals surface area contributed by atoms with Crippen molar-refractivity contribution in [3.05, 3.63) is 41.4 Å². The molecule has 0 spiro atoms. The van der Waals surface area contributed by atoms with Gasteiger partial charge in [0.1, 0.15) is 5.75 Å². The predicted molar refractivity (Wildman–Crippen MR) is 77.5 cm³/mol. The summed E-state index contributed by atoms with van der Waals surface area (Å²) < 4.78 is 5.67. The van der Waals surface area contributed by atoms with Gasteiger partial charge in [0, 0.05) is 23.7 Å². The van der Waals surface area contributed by atoms with E-state index in [2.05, 4.69) is 17.2 Å². The van der Waals surface area contributed by atoms with Crippen molar-refractivity contribution in [3.8, 4) is 5.75 Å². The van der Waals surface area contributed by atoms with Crippen molar-refractivity contribution in [3.63, 3.8) is 0 Å². The molecule has 1 atom stereocenters. The number of hydrogen-bond donors (Lipinski definition) is 2. The second kappa shape index (κ2) is 7.81. The quantitative estimate of drug-likeness (QED) is 0.753. The van der Waals surface area contributed by atoms with Crippen molar-refractivity contribution in [2.75, 3.05) is 13.6 Å². The first kappa shape index (κ1) is 15.5. The number of nitrogens with one attached hydrogen (secondary N) is 2. The third-order valence-electron chi connectivity index (χ3n) is 2.52. The molecule has 0 saturated carbocycles. The van der Waals surface area contributed by atoms with E-state index >= 15 is 0 Å². The number of benzene rings is 1. The predicted octanol–water partition coefficient (Wildman–Crippen LogP) is 2.13. The first-order chi connectivity index (χ1) is 9.10. The number of amides is 1. The van der Waals surface area contributed by atoms with Gasteiger partial charge in [0.2, 0.25) is 0 Å². The summed E-state index contributed by atoms with van der Waals surface area (Å²) in [6.07, 6.45) is 1.03. The third-order valence-corrected chi connectivity index (χ3v) is 2.88. The van der Waals surface area contributed by atoms with Crippen LogP contribution in [-0.2, 0) is 11.3 Å². The highest BCUT2D eigenvalue weighted by Crippen LogP contribution is 2.27. The average Bonchev–Trinajstić information content (AvgIpc) is 2.39. The zero-order valence-electron chi connectivity index (χ0n) is 11.2. The maximum Gasteiger partial charge on any atom is 0.261 e. The Kier molecular flexibility index (Phi) is 6.39. The van der Waals surface area contributed by atoms with Crippen LogP contribution >= 0.6 is 11.6 Å². The van der Waals surface area contributed by atoms with Crippen LogP contribution in [0.2, 0.25) is 5.02 Å². The monoisotopic (exact) mass is 282 g/mol. The molecule has 19 heavy (non-hydrogen) atoms. The molecular formula is C14H19ClN2O2. The summed E-state index contributed by atoms with van der Waals surface area (Å²) in [5.41, 5.74) is 0.843. The average molecular weight is 283 g/mol. The largest absolute Gasteiger partial charge is 0.481 e. The minimum atomic E-state index is -0.589. The molecule has 1 unspecified atom stereocenters. The van der Waals surface area contributed by atoms with Gasteiger partial charge in [0.15, 0.2) is 6.10 Å². The summed E-state index contributed by atoms with van der Waals surface area (Å²) in [7, 11) is 1.83. The lowest BCUT2D eigenvalue weighted by atomic mass is 10.2. The molecule has 1 rings (SSSR count). The van der Waals surface area contributed by atoms with Crippen molar-refractivity contribution in [1.82, 2.24) is 10.6 Å². The number of ether oxygens (including phenoxy) is 1. The molecule has 1 aromatic carbocycles. The fourth-order valence-corrected chi connectivity index (χ4v) is 1.79. The number of carbonyl (C=O) groups excluding carboxylic acids is 1. The maximum atomic E-state index is 11.7. The Morgan fingerprint density at radius 3 is 2.95 bits per heavy atom. The Balaban J connectivity index is 2.78. The molecule has 5 heteroatoms. The van der Waals surface area contributed by atoms with E-state index in [0.29, 0.717) is 23.9 Å². The van der Waals surface area contributed by atoms with Gasteiger partial charge in [-0.25, -0.2) is 0 Å². The molecule has 4 nitrogen and oxygen atoms in total. The topological polar surface area (TPSA) is 50.4 Å². The Bertz CT molecular complexity index is 449. The van der Waals surface area contributed by atoms with Crippen molar-refractivity contribution in [2.24, 2.45) is 0 Å². The van der Waals surface area contributed by atoms with Gasteiger partial charge in [-0.3, -0.25) is 4.79 Å². The van der Waals surface area contributed by atoms with E-state index in [1.807, 2.05) is 7.05 Å². The van der Waals surface area contributed by atoms with E-state index < -0.39 is 6.10 Å². The first-order valence-corrected chi connectivity index (χ1v) is 6.45. The zero-order chi connectivity index (χ0) is 14.3. The Morgan fingerprint density at radius 1 is 1.58 bits per heavy atom. The summed E-state index contributed by atoms with van der Waals surface area (Å²) in [4.78, 5) is 11.7. The van der Waals surface area contributed by atoms with Crippen LogP contribution in [0.15, 0.2) is 30.9 Å². The number of hydrogen-bond acceptors (Lipinski definition) is 3. The lowest BCUT2D eigenvalue weighted by Gasteiger charge is -2.17. The van der Waals surface area contributed by atoms with E-state index in [9.17, 15) is 4.79 Å². The van der Waals surface area contributed by atoms with Crippen LogP contribution in [0.4, 0.5) is 0 Å². The standard InChI is InChI=1S/C14H19ClN2O2/c1-4-8-17-14(18)10(2)19-13-7-5-6-12(15)11(13)9-16-3/h4-7,10,16H,1,8-9H2,2-3H3,(H,17,18). The molecule has 0 bridgehead atoms. The van der Waals surface area contributed by atoms with Crippen molar-refractivity contribution < 1.29 is 9.53 Å². The SMILES string of the molecule is C=CCNC(=O)C(C)Oc1cccc(Cl)c1CNC.